The molecule has 0 radical (unpaired) electrons. The average Bonchev–Trinajstić information content (AvgIpc) is 3.26. The molecule has 0 spiro atoms. The van der Waals surface area contributed by atoms with Crippen molar-refractivity contribution in [3.8, 4) is 0 Å². The van der Waals surface area contributed by atoms with Crippen LogP contribution in [0.3, 0.4) is 0 Å². The first-order valence-electron chi connectivity index (χ1n) is 6.56. The molecular formula is C15H14N2O3S2. The number of anilines is 1. The van der Waals surface area contributed by atoms with Crippen LogP contribution in [-0.2, 0) is 5.60 Å². The fourth-order valence-electron chi connectivity index (χ4n) is 2.06. The average molecular weight is 334 g/mol. The maximum Gasteiger partial charge on any atom is 0.319 e. The number of thiophene rings is 2. The summed E-state index contributed by atoms with van der Waals surface area (Å²) in [6, 6.07) is 8.50. The lowest BCUT2D eigenvalue weighted by Crippen LogP contribution is -2.42. The number of nitrogens with one attached hydrogen (secondary N) is 2. The summed E-state index contributed by atoms with van der Waals surface area (Å²) < 4.78 is 5.35. The Morgan fingerprint density at radius 2 is 2.18 bits per heavy atom. The third-order valence-corrected chi connectivity index (χ3v) is 4.66. The van der Waals surface area contributed by atoms with E-state index in [-0.39, 0.29) is 12.6 Å². The van der Waals surface area contributed by atoms with Gasteiger partial charge in [-0.2, -0.15) is 11.3 Å². The molecule has 1 atom stereocenters. The minimum atomic E-state index is -1.39. The van der Waals surface area contributed by atoms with Crippen LogP contribution in [0.2, 0.25) is 0 Å². The normalized spacial score (nSPS) is 13.5. The monoisotopic (exact) mass is 334 g/mol. The van der Waals surface area contributed by atoms with Crippen molar-refractivity contribution in [1.29, 1.82) is 0 Å². The van der Waals surface area contributed by atoms with Gasteiger partial charge in [-0.3, -0.25) is 5.32 Å². The van der Waals surface area contributed by atoms with Gasteiger partial charge in [0.1, 0.15) is 5.76 Å². The number of aliphatic hydroxyl groups is 1. The van der Waals surface area contributed by atoms with E-state index in [0.29, 0.717) is 11.3 Å². The number of rotatable bonds is 5. The van der Waals surface area contributed by atoms with Gasteiger partial charge in [0.15, 0.2) is 5.60 Å². The van der Waals surface area contributed by atoms with Crippen molar-refractivity contribution in [3.63, 3.8) is 0 Å². The molecule has 0 bridgehead atoms. The third-order valence-electron chi connectivity index (χ3n) is 3.19. The number of hydrogen-bond donors (Lipinski definition) is 3. The summed E-state index contributed by atoms with van der Waals surface area (Å²) in [6.45, 7) is 0.00839. The Labute approximate surface area is 135 Å². The Hall–Kier alpha value is -2.09. The first-order chi connectivity index (χ1) is 10.7. The van der Waals surface area contributed by atoms with Crippen LogP contribution in [0.1, 0.15) is 11.3 Å². The van der Waals surface area contributed by atoms with Crippen LogP contribution < -0.4 is 10.6 Å². The Balaban J connectivity index is 1.73. The highest BCUT2D eigenvalue weighted by atomic mass is 32.1. The minimum absolute atomic E-state index is 0.00839. The lowest BCUT2D eigenvalue weighted by atomic mass is 9.93. The van der Waals surface area contributed by atoms with Crippen LogP contribution in [0.4, 0.5) is 9.80 Å². The van der Waals surface area contributed by atoms with Gasteiger partial charge in [-0.15, -0.1) is 11.3 Å². The molecule has 0 fully saturated rings. The van der Waals surface area contributed by atoms with Gasteiger partial charge in [0.05, 0.1) is 17.8 Å². The lowest BCUT2D eigenvalue weighted by Gasteiger charge is -2.25. The zero-order chi connectivity index (χ0) is 15.4. The Bertz CT molecular complexity index is 672. The number of amides is 2. The molecule has 0 saturated heterocycles. The summed E-state index contributed by atoms with van der Waals surface area (Å²) in [4.78, 5) is 11.9. The quantitative estimate of drug-likeness (QED) is 0.669. The molecule has 3 N–H and O–H groups in total. The van der Waals surface area contributed by atoms with Gasteiger partial charge in [0.25, 0.3) is 0 Å². The van der Waals surface area contributed by atoms with Crippen molar-refractivity contribution >= 4 is 33.7 Å². The number of furan rings is 1. The standard InChI is InChI=1S/C15H14N2O3S2/c18-14(17-13-4-2-7-22-13)16-10-15(19,11-5-8-21-9-11)12-3-1-6-20-12/h1-9,19H,10H2,(H2,16,17,18). The number of carbonyl (C=O) groups is 1. The van der Waals surface area contributed by atoms with E-state index in [1.54, 1.807) is 12.1 Å². The van der Waals surface area contributed by atoms with Gasteiger partial charge in [-0.25, -0.2) is 4.79 Å². The Morgan fingerprint density at radius 1 is 1.27 bits per heavy atom. The van der Waals surface area contributed by atoms with Crippen LogP contribution in [0.15, 0.2) is 57.2 Å². The molecule has 3 aromatic rings. The molecule has 0 aliphatic carbocycles. The molecule has 3 heterocycles. The van der Waals surface area contributed by atoms with Gasteiger partial charge in [-0.05, 0) is 46.5 Å². The molecule has 3 aromatic heterocycles. The highest BCUT2D eigenvalue weighted by molar-refractivity contribution is 7.14. The molecular weight excluding hydrogens is 320 g/mol. The smallest absolute Gasteiger partial charge is 0.319 e. The highest BCUT2D eigenvalue weighted by Gasteiger charge is 2.35. The van der Waals surface area contributed by atoms with E-state index >= 15 is 0 Å². The van der Waals surface area contributed by atoms with E-state index in [1.807, 2.05) is 34.3 Å². The molecule has 0 saturated carbocycles. The van der Waals surface area contributed by atoms with E-state index in [4.69, 9.17) is 4.42 Å². The summed E-state index contributed by atoms with van der Waals surface area (Å²) in [5, 5.41) is 22.7. The maximum absolute atomic E-state index is 11.9. The molecule has 7 heteroatoms. The van der Waals surface area contributed by atoms with Gasteiger partial charge < -0.3 is 14.8 Å². The maximum atomic E-state index is 11.9. The van der Waals surface area contributed by atoms with Crippen molar-refractivity contribution in [1.82, 2.24) is 5.32 Å². The van der Waals surface area contributed by atoms with E-state index in [0.717, 1.165) is 5.00 Å². The minimum Gasteiger partial charge on any atom is -0.466 e. The first-order valence-corrected chi connectivity index (χ1v) is 8.38. The van der Waals surface area contributed by atoms with Crippen molar-refractivity contribution < 1.29 is 14.3 Å². The largest absolute Gasteiger partial charge is 0.466 e. The molecule has 0 aromatic carbocycles. The second-order valence-corrected chi connectivity index (χ2v) is 6.36. The first kappa shape index (κ1) is 14.8. The lowest BCUT2D eigenvalue weighted by molar-refractivity contribution is 0.0597. The van der Waals surface area contributed by atoms with Gasteiger partial charge in [-0.1, -0.05) is 0 Å². The van der Waals surface area contributed by atoms with Crippen LogP contribution >= 0.6 is 22.7 Å². The fourth-order valence-corrected chi connectivity index (χ4v) is 3.40. The highest BCUT2D eigenvalue weighted by Crippen LogP contribution is 2.31. The van der Waals surface area contributed by atoms with Crippen molar-refractivity contribution in [3.05, 3.63) is 64.1 Å². The summed E-state index contributed by atoms with van der Waals surface area (Å²) in [5.41, 5.74) is -0.708. The van der Waals surface area contributed by atoms with E-state index in [9.17, 15) is 9.90 Å². The zero-order valence-corrected chi connectivity index (χ0v) is 13.1. The fraction of sp³-hybridized carbons (Fsp3) is 0.133. The molecule has 5 nitrogen and oxygen atoms in total. The van der Waals surface area contributed by atoms with Crippen molar-refractivity contribution in [2.24, 2.45) is 0 Å². The van der Waals surface area contributed by atoms with Crippen molar-refractivity contribution in [2.45, 2.75) is 5.60 Å². The Morgan fingerprint density at radius 3 is 2.82 bits per heavy atom. The third kappa shape index (κ3) is 3.06. The molecule has 1 unspecified atom stereocenters. The van der Waals surface area contributed by atoms with Crippen LogP contribution in [0.5, 0.6) is 0 Å². The van der Waals surface area contributed by atoms with Gasteiger partial charge in [0.2, 0.25) is 0 Å². The predicted octanol–water partition coefficient (Wildman–Crippen LogP) is 3.46. The molecule has 22 heavy (non-hydrogen) atoms. The van der Waals surface area contributed by atoms with E-state index in [1.165, 1.54) is 28.9 Å². The van der Waals surface area contributed by atoms with Gasteiger partial charge >= 0.3 is 6.03 Å². The molecule has 0 aliphatic heterocycles. The predicted molar refractivity (Wildman–Crippen MR) is 87.4 cm³/mol. The Kier molecular flexibility index (Phi) is 4.28. The second-order valence-electron chi connectivity index (χ2n) is 4.63. The molecule has 3 rings (SSSR count). The van der Waals surface area contributed by atoms with E-state index in [2.05, 4.69) is 10.6 Å². The second kappa shape index (κ2) is 6.35. The van der Waals surface area contributed by atoms with Crippen molar-refractivity contribution in [2.75, 3.05) is 11.9 Å². The topological polar surface area (TPSA) is 74.5 Å². The summed E-state index contributed by atoms with van der Waals surface area (Å²) in [7, 11) is 0. The summed E-state index contributed by atoms with van der Waals surface area (Å²) in [6.07, 6.45) is 1.50. The van der Waals surface area contributed by atoms with Crippen LogP contribution in [-0.4, -0.2) is 17.7 Å². The summed E-state index contributed by atoms with van der Waals surface area (Å²) >= 11 is 2.90. The van der Waals surface area contributed by atoms with E-state index < -0.39 is 5.60 Å². The number of hydrogen-bond acceptors (Lipinski definition) is 5. The van der Waals surface area contributed by atoms with Gasteiger partial charge in [0, 0.05) is 5.56 Å². The molecule has 0 aliphatic rings. The molecule has 2 amide bonds. The SMILES string of the molecule is O=C(NCC(O)(c1ccsc1)c1ccco1)Nc1cccs1. The van der Waals surface area contributed by atoms with Crippen LogP contribution in [0.25, 0.3) is 0 Å². The number of carbonyl (C=O) groups excluding carboxylic acids is 1. The zero-order valence-electron chi connectivity index (χ0n) is 11.5. The molecule has 114 valence electrons. The summed E-state index contributed by atoms with van der Waals surface area (Å²) in [5.74, 6) is 0.391. The van der Waals surface area contributed by atoms with Crippen LogP contribution in [0, 0.1) is 0 Å². The number of urea groups is 1.